The van der Waals surface area contributed by atoms with Gasteiger partial charge >= 0.3 is 0 Å². The highest BCUT2D eigenvalue weighted by atomic mass is 35.5. The van der Waals surface area contributed by atoms with Crippen molar-refractivity contribution in [2.45, 2.75) is 32.4 Å². The Hall–Kier alpha value is -3.58. The Morgan fingerprint density at radius 2 is 2.12 bits per heavy atom. The normalized spacial score (nSPS) is 15.7. The fourth-order valence-corrected chi connectivity index (χ4v) is 4.77. The van der Waals surface area contributed by atoms with Crippen LogP contribution in [-0.4, -0.2) is 43.7 Å². The van der Waals surface area contributed by atoms with Gasteiger partial charge in [0.15, 0.2) is 0 Å². The van der Waals surface area contributed by atoms with Crippen molar-refractivity contribution in [3.8, 4) is 5.75 Å². The van der Waals surface area contributed by atoms with Gasteiger partial charge in [0.05, 0.1) is 12.6 Å². The minimum absolute atomic E-state index is 0.00303. The monoisotopic (exact) mass is 475 g/mol. The Morgan fingerprint density at radius 3 is 2.88 bits per heavy atom. The largest absolute Gasteiger partial charge is 0.494 e. The van der Waals surface area contributed by atoms with Crippen LogP contribution in [0.3, 0.4) is 0 Å². The lowest BCUT2D eigenvalue weighted by Gasteiger charge is -2.35. The SMILES string of the molecule is CC=CC(=O)N1CCc2c([nH]c3ccc(Cl)cc23)C1c1ccc(OCCCn2cncn2)cc1. The molecule has 0 aliphatic carbocycles. The highest BCUT2D eigenvalue weighted by Crippen LogP contribution is 2.39. The molecule has 3 heterocycles. The number of fused-ring (bicyclic) bond motifs is 3. The van der Waals surface area contributed by atoms with Crippen LogP contribution in [0.4, 0.5) is 0 Å². The van der Waals surface area contributed by atoms with Gasteiger partial charge in [0.2, 0.25) is 5.91 Å². The number of allylic oxidation sites excluding steroid dienone is 1. The number of nitrogens with one attached hydrogen (secondary N) is 1. The summed E-state index contributed by atoms with van der Waals surface area (Å²) in [5, 5.41) is 5.93. The lowest BCUT2D eigenvalue weighted by Crippen LogP contribution is -2.39. The molecular weight excluding hydrogens is 450 g/mol. The van der Waals surface area contributed by atoms with E-state index in [4.69, 9.17) is 16.3 Å². The van der Waals surface area contributed by atoms with E-state index in [-0.39, 0.29) is 11.9 Å². The average Bonchev–Trinajstić information content (AvgIpc) is 3.49. The van der Waals surface area contributed by atoms with Crippen LogP contribution in [0.5, 0.6) is 5.75 Å². The van der Waals surface area contributed by atoms with Gasteiger partial charge in [-0.15, -0.1) is 0 Å². The van der Waals surface area contributed by atoms with Crippen molar-refractivity contribution in [3.05, 3.63) is 89.1 Å². The standard InChI is InChI=1S/C26H26ClN5O2/c1-2-4-24(33)32-13-11-21-22-15-19(27)7-10-23(22)30-25(21)26(32)18-5-8-20(9-6-18)34-14-3-12-31-17-28-16-29-31/h2,4-10,15-17,26,30H,3,11-14H2,1H3. The van der Waals surface area contributed by atoms with Crippen LogP contribution in [0.1, 0.15) is 36.2 Å². The first-order valence-corrected chi connectivity index (χ1v) is 11.8. The fourth-order valence-electron chi connectivity index (χ4n) is 4.59. The van der Waals surface area contributed by atoms with Crippen LogP contribution in [0.2, 0.25) is 5.02 Å². The summed E-state index contributed by atoms with van der Waals surface area (Å²) in [6.07, 6.45) is 8.26. The van der Waals surface area contributed by atoms with E-state index in [1.54, 1.807) is 23.2 Å². The van der Waals surface area contributed by atoms with Gasteiger partial charge in [-0.2, -0.15) is 5.10 Å². The molecule has 0 spiro atoms. The first-order valence-electron chi connectivity index (χ1n) is 11.4. The molecule has 1 atom stereocenters. The van der Waals surface area contributed by atoms with Gasteiger partial charge in [0, 0.05) is 41.1 Å². The molecule has 174 valence electrons. The molecule has 7 nitrogen and oxygen atoms in total. The smallest absolute Gasteiger partial charge is 0.247 e. The predicted molar refractivity (Wildman–Crippen MR) is 132 cm³/mol. The van der Waals surface area contributed by atoms with Gasteiger partial charge in [-0.1, -0.05) is 29.8 Å². The van der Waals surface area contributed by atoms with Crippen molar-refractivity contribution in [2.75, 3.05) is 13.2 Å². The van der Waals surface area contributed by atoms with E-state index in [0.717, 1.165) is 47.3 Å². The topological polar surface area (TPSA) is 76.0 Å². The number of aryl methyl sites for hydroxylation is 1. The van der Waals surface area contributed by atoms with Crippen LogP contribution >= 0.6 is 11.6 Å². The van der Waals surface area contributed by atoms with E-state index in [1.165, 1.54) is 11.9 Å². The quantitative estimate of drug-likeness (QED) is 0.303. The van der Waals surface area contributed by atoms with Crippen LogP contribution in [0.15, 0.2) is 67.3 Å². The minimum Gasteiger partial charge on any atom is -0.494 e. The number of nitrogens with zero attached hydrogens (tertiary/aromatic N) is 4. The number of rotatable bonds is 7. The molecule has 34 heavy (non-hydrogen) atoms. The molecule has 8 heteroatoms. The van der Waals surface area contributed by atoms with Crippen LogP contribution < -0.4 is 4.74 Å². The van der Waals surface area contributed by atoms with E-state index in [0.29, 0.717) is 18.2 Å². The van der Waals surface area contributed by atoms with Crippen molar-refractivity contribution < 1.29 is 9.53 Å². The summed E-state index contributed by atoms with van der Waals surface area (Å²) >= 11 is 6.28. The summed E-state index contributed by atoms with van der Waals surface area (Å²) in [5.74, 6) is 0.802. The predicted octanol–water partition coefficient (Wildman–Crippen LogP) is 4.93. The number of amides is 1. The molecule has 0 radical (unpaired) electrons. The molecule has 0 bridgehead atoms. The second-order valence-corrected chi connectivity index (χ2v) is 8.76. The van der Waals surface area contributed by atoms with Gasteiger partial charge in [-0.25, -0.2) is 4.98 Å². The number of aromatic nitrogens is 4. The van der Waals surface area contributed by atoms with Crippen LogP contribution in [-0.2, 0) is 17.8 Å². The molecule has 0 fully saturated rings. The Balaban J connectivity index is 1.40. The van der Waals surface area contributed by atoms with E-state index >= 15 is 0 Å². The number of hydrogen-bond donors (Lipinski definition) is 1. The third-order valence-corrected chi connectivity index (χ3v) is 6.38. The molecule has 1 N–H and O–H groups in total. The first kappa shape index (κ1) is 22.2. The van der Waals surface area contributed by atoms with Crippen molar-refractivity contribution in [1.29, 1.82) is 0 Å². The Kier molecular flexibility index (Phi) is 6.36. The Morgan fingerprint density at radius 1 is 1.26 bits per heavy atom. The maximum Gasteiger partial charge on any atom is 0.247 e. The number of aromatic amines is 1. The second-order valence-electron chi connectivity index (χ2n) is 8.32. The highest BCUT2D eigenvalue weighted by molar-refractivity contribution is 6.31. The van der Waals surface area contributed by atoms with Crippen molar-refractivity contribution in [1.82, 2.24) is 24.6 Å². The maximum absolute atomic E-state index is 13.0. The number of carbonyl (C=O) groups is 1. The molecule has 0 saturated carbocycles. The number of benzene rings is 2. The van der Waals surface area contributed by atoms with Crippen LogP contribution in [0.25, 0.3) is 10.9 Å². The molecule has 1 aliphatic heterocycles. The van der Waals surface area contributed by atoms with Crippen molar-refractivity contribution in [3.63, 3.8) is 0 Å². The van der Waals surface area contributed by atoms with Crippen molar-refractivity contribution in [2.24, 2.45) is 0 Å². The maximum atomic E-state index is 13.0. The zero-order chi connectivity index (χ0) is 23.5. The summed E-state index contributed by atoms with van der Waals surface area (Å²) in [7, 11) is 0. The van der Waals surface area contributed by atoms with Gasteiger partial charge in [-0.3, -0.25) is 9.48 Å². The Labute approximate surface area is 203 Å². The fraction of sp³-hybridized carbons (Fsp3) is 0.269. The number of ether oxygens (including phenoxy) is 1. The molecule has 2 aromatic heterocycles. The van der Waals surface area contributed by atoms with Gasteiger partial charge in [-0.05, 0) is 60.9 Å². The number of hydrogen-bond acceptors (Lipinski definition) is 4. The molecule has 1 aliphatic rings. The first-order chi connectivity index (χ1) is 16.6. The van der Waals surface area contributed by atoms with E-state index in [2.05, 4.69) is 15.1 Å². The molecule has 0 saturated heterocycles. The lowest BCUT2D eigenvalue weighted by molar-refractivity contribution is -0.128. The zero-order valence-electron chi connectivity index (χ0n) is 18.9. The van der Waals surface area contributed by atoms with E-state index in [9.17, 15) is 4.79 Å². The van der Waals surface area contributed by atoms with Crippen LogP contribution in [0, 0.1) is 0 Å². The van der Waals surface area contributed by atoms with Gasteiger partial charge < -0.3 is 14.6 Å². The van der Waals surface area contributed by atoms with Gasteiger partial charge in [0.25, 0.3) is 0 Å². The molecule has 2 aromatic carbocycles. The zero-order valence-corrected chi connectivity index (χ0v) is 19.7. The molecule has 5 rings (SSSR count). The lowest BCUT2D eigenvalue weighted by atomic mass is 9.92. The molecule has 1 amide bonds. The summed E-state index contributed by atoms with van der Waals surface area (Å²) in [6.45, 7) is 3.85. The van der Waals surface area contributed by atoms with Crippen molar-refractivity contribution >= 4 is 28.4 Å². The summed E-state index contributed by atoms with van der Waals surface area (Å²) < 4.78 is 7.70. The minimum atomic E-state index is -0.208. The van der Waals surface area contributed by atoms with Gasteiger partial charge in [0.1, 0.15) is 18.4 Å². The number of halogens is 1. The average molecular weight is 476 g/mol. The molecule has 4 aromatic rings. The number of carbonyl (C=O) groups excluding carboxylic acids is 1. The molecular formula is C26H26ClN5O2. The third kappa shape index (κ3) is 4.43. The number of H-pyrrole nitrogens is 1. The highest BCUT2D eigenvalue weighted by Gasteiger charge is 2.33. The summed E-state index contributed by atoms with van der Waals surface area (Å²) in [5.41, 5.74) is 4.34. The van der Waals surface area contributed by atoms with E-state index in [1.807, 2.05) is 54.3 Å². The Bertz CT molecular complexity index is 1310. The molecule has 1 unspecified atom stereocenters. The summed E-state index contributed by atoms with van der Waals surface area (Å²) in [6, 6.07) is 13.7. The van der Waals surface area contributed by atoms with E-state index < -0.39 is 0 Å². The summed E-state index contributed by atoms with van der Waals surface area (Å²) in [4.78, 5) is 22.4. The second kappa shape index (κ2) is 9.73. The third-order valence-electron chi connectivity index (χ3n) is 6.14.